The van der Waals surface area contributed by atoms with Gasteiger partial charge in [0.25, 0.3) is 0 Å². The van der Waals surface area contributed by atoms with Crippen molar-refractivity contribution in [2.75, 3.05) is 13.1 Å². The molecule has 0 amide bonds. The first kappa shape index (κ1) is 14.6. The molecular formula is C18H26N2O. The fraction of sp³-hybridized carbons (Fsp3) is 0.611. The highest BCUT2D eigenvalue weighted by Crippen LogP contribution is 2.37. The number of fused-ring (bicyclic) bond motifs is 2. The van der Waals surface area contributed by atoms with Gasteiger partial charge >= 0.3 is 0 Å². The predicted molar refractivity (Wildman–Crippen MR) is 86.3 cm³/mol. The van der Waals surface area contributed by atoms with E-state index >= 15 is 0 Å². The Morgan fingerprint density at radius 1 is 1.24 bits per heavy atom. The summed E-state index contributed by atoms with van der Waals surface area (Å²) in [6, 6.07) is 2.16. The maximum Gasteiger partial charge on any atom is 0.138 e. The summed E-state index contributed by atoms with van der Waals surface area (Å²) in [6.45, 7) is 6.42. The smallest absolute Gasteiger partial charge is 0.138 e. The molecule has 2 aliphatic rings. The molecule has 2 unspecified atom stereocenters. The van der Waals surface area contributed by atoms with Crippen molar-refractivity contribution < 1.29 is 4.74 Å². The third-order valence-corrected chi connectivity index (χ3v) is 4.46. The van der Waals surface area contributed by atoms with Crippen LogP contribution in [0.3, 0.4) is 0 Å². The molecule has 21 heavy (non-hydrogen) atoms. The van der Waals surface area contributed by atoms with Crippen LogP contribution in [-0.2, 0) is 0 Å². The lowest BCUT2D eigenvalue weighted by atomic mass is 9.77. The molecule has 1 aromatic heterocycles. The molecule has 2 heterocycles. The van der Waals surface area contributed by atoms with E-state index in [1.165, 1.54) is 43.4 Å². The Labute approximate surface area is 127 Å². The van der Waals surface area contributed by atoms with Crippen LogP contribution >= 0.6 is 0 Å². The minimum Gasteiger partial charge on any atom is -0.489 e. The van der Waals surface area contributed by atoms with Crippen LogP contribution in [0.25, 0.3) is 5.57 Å². The number of aromatic nitrogens is 1. The van der Waals surface area contributed by atoms with E-state index < -0.39 is 0 Å². The Hall–Kier alpha value is -1.35. The van der Waals surface area contributed by atoms with Crippen LogP contribution in [0.4, 0.5) is 0 Å². The Bertz CT molecular complexity index is 510. The Kier molecular flexibility index (Phi) is 4.59. The summed E-state index contributed by atoms with van der Waals surface area (Å²) in [5.41, 5.74) is 2.72. The van der Waals surface area contributed by atoms with E-state index in [2.05, 4.69) is 36.3 Å². The summed E-state index contributed by atoms with van der Waals surface area (Å²) in [5.74, 6) is 2.43. The molecule has 0 saturated carbocycles. The third kappa shape index (κ3) is 3.85. The second-order valence-electron chi connectivity index (χ2n) is 6.66. The van der Waals surface area contributed by atoms with Gasteiger partial charge in [-0.15, -0.1) is 0 Å². The Balaban J connectivity index is 1.82. The number of pyridine rings is 1. The molecular weight excluding hydrogens is 260 g/mol. The van der Waals surface area contributed by atoms with Gasteiger partial charge in [0.15, 0.2) is 0 Å². The van der Waals surface area contributed by atoms with E-state index in [1.807, 2.05) is 12.4 Å². The maximum atomic E-state index is 5.78. The van der Waals surface area contributed by atoms with Crippen molar-refractivity contribution in [3.63, 3.8) is 0 Å². The Morgan fingerprint density at radius 3 is 2.95 bits per heavy atom. The quantitative estimate of drug-likeness (QED) is 0.920. The first-order chi connectivity index (χ1) is 10.2. The van der Waals surface area contributed by atoms with Gasteiger partial charge in [0, 0.05) is 6.20 Å². The molecule has 2 bridgehead atoms. The average Bonchev–Trinajstić information content (AvgIpc) is 2.45. The molecule has 0 spiro atoms. The van der Waals surface area contributed by atoms with Crippen molar-refractivity contribution in [1.29, 1.82) is 0 Å². The van der Waals surface area contributed by atoms with Crippen molar-refractivity contribution in [3.05, 3.63) is 30.1 Å². The van der Waals surface area contributed by atoms with E-state index in [4.69, 9.17) is 4.74 Å². The second kappa shape index (κ2) is 6.61. The number of hydrogen-bond acceptors (Lipinski definition) is 3. The predicted octanol–water partition coefficient (Wildman–Crippen LogP) is 3.66. The molecule has 2 atom stereocenters. The summed E-state index contributed by atoms with van der Waals surface area (Å²) in [6.07, 6.45) is 11.6. The molecule has 1 aliphatic carbocycles. The maximum absolute atomic E-state index is 5.78. The lowest BCUT2D eigenvalue weighted by molar-refractivity contribution is 0.241. The molecule has 0 radical (unpaired) electrons. The number of allylic oxidation sites excluding steroid dienone is 2. The van der Waals surface area contributed by atoms with Crippen LogP contribution in [0.5, 0.6) is 5.75 Å². The molecule has 3 rings (SSSR count). The topological polar surface area (TPSA) is 34.1 Å². The zero-order chi connectivity index (χ0) is 14.7. The average molecular weight is 286 g/mol. The Morgan fingerprint density at radius 2 is 2.10 bits per heavy atom. The molecule has 1 fully saturated rings. The summed E-state index contributed by atoms with van der Waals surface area (Å²) in [7, 11) is 0. The van der Waals surface area contributed by atoms with E-state index in [-0.39, 0.29) is 6.10 Å². The van der Waals surface area contributed by atoms with Crippen molar-refractivity contribution in [2.45, 2.75) is 45.6 Å². The van der Waals surface area contributed by atoms with E-state index in [1.54, 1.807) is 0 Å². The standard InChI is InChI=1S/C18H26N2O/c1-13(2)21-18-10-17(11-20-12-18)16-8-14-3-5-19-6-4-15(7-14)9-16/h8,10-15,19H,3-7,9H2,1-2H3. The van der Waals surface area contributed by atoms with Gasteiger partial charge in [-0.25, -0.2) is 0 Å². The first-order valence-corrected chi connectivity index (χ1v) is 8.24. The van der Waals surface area contributed by atoms with Crippen LogP contribution in [0.1, 0.15) is 45.1 Å². The van der Waals surface area contributed by atoms with E-state index in [9.17, 15) is 0 Å². The molecule has 114 valence electrons. The van der Waals surface area contributed by atoms with E-state index in [0.717, 1.165) is 24.1 Å². The van der Waals surface area contributed by atoms with Crippen LogP contribution in [-0.4, -0.2) is 24.2 Å². The van der Waals surface area contributed by atoms with Crippen LogP contribution in [0.2, 0.25) is 0 Å². The van der Waals surface area contributed by atoms with Crippen molar-refractivity contribution in [2.24, 2.45) is 11.8 Å². The molecule has 1 aromatic rings. The zero-order valence-electron chi connectivity index (χ0n) is 13.1. The van der Waals surface area contributed by atoms with Crippen molar-refractivity contribution >= 4 is 5.57 Å². The lowest BCUT2D eigenvalue weighted by Crippen LogP contribution is -2.28. The van der Waals surface area contributed by atoms with Crippen molar-refractivity contribution in [3.8, 4) is 5.75 Å². The largest absolute Gasteiger partial charge is 0.489 e. The van der Waals surface area contributed by atoms with Gasteiger partial charge in [-0.05, 0) is 81.7 Å². The fourth-order valence-corrected chi connectivity index (χ4v) is 3.53. The number of nitrogens with zero attached hydrogens (tertiary/aromatic N) is 1. The van der Waals surface area contributed by atoms with Crippen LogP contribution in [0, 0.1) is 11.8 Å². The second-order valence-corrected chi connectivity index (χ2v) is 6.66. The van der Waals surface area contributed by atoms with Gasteiger partial charge in [-0.3, -0.25) is 4.98 Å². The monoisotopic (exact) mass is 286 g/mol. The highest BCUT2D eigenvalue weighted by Gasteiger charge is 2.24. The molecule has 0 aromatic carbocycles. The van der Waals surface area contributed by atoms with Gasteiger partial charge in [0.1, 0.15) is 5.75 Å². The zero-order valence-corrected chi connectivity index (χ0v) is 13.1. The lowest BCUT2D eigenvalue weighted by Gasteiger charge is -2.31. The fourth-order valence-electron chi connectivity index (χ4n) is 3.53. The molecule has 1 N–H and O–H groups in total. The SMILES string of the molecule is CC(C)Oc1cncc(C2=CC3CCNCCC(C2)C3)c1. The summed E-state index contributed by atoms with van der Waals surface area (Å²) in [5, 5.41) is 3.54. The number of rotatable bonds is 3. The summed E-state index contributed by atoms with van der Waals surface area (Å²) >= 11 is 0. The molecule has 3 heteroatoms. The summed E-state index contributed by atoms with van der Waals surface area (Å²) < 4.78 is 5.78. The molecule has 1 aliphatic heterocycles. The first-order valence-electron chi connectivity index (χ1n) is 8.24. The number of nitrogens with one attached hydrogen (secondary N) is 1. The van der Waals surface area contributed by atoms with E-state index in [0.29, 0.717) is 0 Å². The van der Waals surface area contributed by atoms with Gasteiger partial charge in [0.05, 0.1) is 12.3 Å². The summed E-state index contributed by atoms with van der Waals surface area (Å²) in [4.78, 5) is 4.37. The van der Waals surface area contributed by atoms with Gasteiger partial charge < -0.3 is 10.1 Å². The minimum absolute atomic E-state index is 0.194. The number of hydrogen-bond donors (Lipinski definition) is 1. The molecule has 1 saturated heterocycles. The highest BCUT2D eigenvalue weighted by molar-refractivity contribution is 5.67. The minimum atomic E-state index is 0.194. The van der Waals surface area contributed by atoms with Gasteiger partial charge in [0.2, 0.25) is 0 Å². The molecule has 3 nitrogen and oxygen atoms in total. The van der Waals surface area contributed by atoms with Gasteiger partial charge in [-0.1, -0.05) is 6.08 Å². The number of ether oxygens (including phenoxy) is 1. The third-order valence-electron chi connectivity index (χ3n) is 4.46. The van der Waals surface area contributed by atoms with Crippen molar-refractivity contribution in [1.82, 2.24) is 10.3 Å². The van der Waals surface area contributed by atoms with Crippen LogP contribution in [0.15, 0.2) is 24.5 Å². The highest BCUT2D eigenvalue weighted by atomic mass is 16.5. The van der Waals surface area contributed by atoms with Crippen LogP contribution < -0.4 is 10.1 Å². The van der Waals surface area contributed by atoms with Gasteiger partial charge in [-0.2, -0.15) is 0 Å². The normalized spacial score (nSPS) is 26.0.